The lowest BCUT2D eigenvalue weighted by Gasteiger charge is -2.44. The molecule has 19 heteroatoms. The fraction of sp³-hybridized carbons (Fsp3) is 0.429. The normalized spacial score (nSPS) is 24.9. The van der Waals surface area contributed by atoms with Crippen molar-refractivity contribution < 1.29 is 57.4 Å². The molecule has 3 aromatic carbocycles. The second-order valence-electron chi connectivity index (χ2n) is 14.4. The number of aryl methyl sites for hydroxylation is 1. The molecule has 0 amide bonds. The van der Waals surface area contributed by atoms with E-state index in [1.165, 1.54) is 25.6 Å². The van der Waals surface area contributed by atoms with Gasteiger partial charge in [-0.25, -0.2) is 4.68 Å². The smallest absolute Gasteiger partial charge is 0.303 e. The number of esters is 4. The quantitative estimate of drug-likeness (QED) is 0.0719. The zero-order valence-electron chi connectivity index (χ0n) is 34.1. The topological polar surface area (TPSA) is 209 Å². The van der Waals surface area contributed by atoms with Crippen LogP contribution in [0.1, 0.15) is 74.7 Å². The van der Waals surface area contributed by atoms with Crippen molar-refractivity contribution in [2.45, 2.75) is 101 Å². The summed E-state index contributed by atoms with van der Waals surface area (Å²) in [5.74, 6) is -2.56. The molecule has 1 unspecified atom stereocenters. The number of nitrogens with one attached hydrogen (secondary N) is 1. The molecule has 1 aromatic heterocycles. The van der Waals surface area contributed by atoms with Gasteiger partial charge in [0.1, 0.15) is 18.8 Å². The molecule has 0 bridgehead atoms. The summed E-state index contributed by atoms with van der Waals surface area (Å²) in [7, 11) is 1.77. The fourth-order valence-corrected chi connectivity index (χ4v) is 8.49. The van der Waals surface area contributed by atoms with Gasteiger partial charge in [-0.15, -0.1) is 5.10 Å². The van der Waals surface area contributed by atoms with Gasteiger partial charge >= 0.3 is 23.9 Å². The number of rotatable bonds is 15. The van der Waals surface area contributed by atoms with Gasteiger partial charge in [0.05, 0.1) is 23.8 Å². The fourth-order valence-electron chi connectivity index (χ4n) is 7.29. The summed E-state index contributed by atoms with van der Waals surface area (Å²) >= 11 is 7.28. The molecule has 2 N–H and O–H groups in total. The predicted octanol–water partition coefficient (Wildman–Crippen LogP) is 4.69. The van der Waals surface area contributed by atoms with Crippen molar-refractivity contribution >= 4 is 58.5 Å². The van der Waals surface area contributed by atoms with E-state index in [1.807, 2.05) is 72.8 Å². The van der Waals surface area contributed by atoms with E-state index in [2.05, 4.69) is 20.8 Å². The number of thiocarbonyl (C=S) groups is 1. The third-order valence-electron chi connectivity index (χ3n) is 9.84. The molecule has 0 saturated carbocycles. The molecule has 0 aliphatic carbocycles. The molecule has 0 radical (unpaired) electrons. The van der Waals surface area contributed by atoms with E-state index in [0.29, 0.717) is 22.2 Å². The summed E-state index contributed by atoms with van der Waals surface area (Å²) in [5, 5.41) is 25.6. The van der Waals surface area contributed by atoms with Crippen molar-refractivity contribution in [3.8, 4) is 0 Å². The molecular weight excluding hydrogens is 831 g/mol. The van der Waals surface area contributed by atoms with Crippen LogP contribution < -0.4 is 5.32 Å². The van der Waals surface area contributed by atoms with E-state index in [-0.39, 0.29) is 30.5 Å². The summed E-state index contributed by atoms with van der Waals surface area (Å²) in [6, 6.07) is 25.0. The van der Waals surface area contributed by atoms with Gasteiger partial charge in [-0.1, -0.05) is 90.7 Å². The maximum absolute atomic E-state index is 12.4. The maximum atomic E-state index is 12.4. The van der Waals surface area contributed by atoms with Crippen molar-refractivity contribution in [2.24, 2.45) is 7.05 Å². The number of aromatic nitrogens is 4. The minimum atomic E-state index is -1.32. The maximum Gasteiger partial charge on any atom is 0.303 e. The van der Waals surface area contributed by atoms with Crippen molar-refractivity contribution in [1.82, 2.24) is 20.2 Å². The third kappa shape index (κ3) is 12.0. The summed E-state index contributed by atoms with van der Waals surface area (Å²) in [6.07, 6.45) is -7.79. The molecule has 2 fully saturated rings. The highest BCUT2D eigenvalue weighted by atomic mass is 32.2. The zero-order valence-corrected chi connectivity index (χ0v) is 35.7. The van der Waals surface area contributed by atoms with E-state index < -0.39 is 72.9 Å². The highest BCUT2D eigenvalue weighted by Gasteiger charge is 2.52. The van der Waals surface area contributed by atoms with Gasteiger partial charge in [-0.05, 0) is 39.2 Å². The number of benzene rings is 3. The second kappa shape index (κ2) is 21.0. The standard InChI is InChI=1S/C42H47N5O12S2/c1-23(49)53-21-33-39(55-25(3)51)40(56-26(4)52)38(54-24(2)50)32(57-33)19-35(60)43-31-13-9-12-30(18-31)41-58-34(22-61-42-44-45-46-47(42)5)36(28-10-7-6-8-11-28)37(59-41)29-16-14-27(20-48)15-17-29/h6-18,32-34,36-41,48H,19-22H2,1-5H3,(H,43,60)/t32-,33+,34+,36+,37-,38-,39+,40+,41?/m0/s1. The number of carbonyl (C=O) groups is 4. The van der Waals surface area contributed by atoms with Gasteiger partial charge in [-0.2, -0.15) is 0 Å². The van der Waals surface area contributed by atoms with Crippen LogP contribution in [-0.2, 0) is 66.0 Å². The lowest BCUT2D eigenvalue weighted by atomic mass is 9.84. The van der Waals surface area contributed by atoms with E-state index >= 15 is 0 Å². The van der Waals surface area contributed by atoms with Crippen LogP contribution in [0.2, 0.25) is 0 Å². The Balaban J connectivity index is 1.27. The number of thioether (sulfide) groups is 1. The Labute approximate surface area is 361 Å². The molecule has 17 nitrogen and oxygen atoms in total. The van der Waals surface area contributed by atoms with Gasteiger partial charge in [0, 0.05) is 64.1 Å². The number of nitrogens with zero attached hydrogens (tertiary/aromatic N) is 4. The minimum Gasteiger partial charge on any atom is -0.463 e. The van der Waals surface area contributed by atoms with Crippen molar-refractivity contribution in [2.75, 3.05) is 17.7 Å². The van der Waals surface area contributed by atoms with E-state index in [0.717, 1.165) is 30.5 Å². The average Bonchev–Trinajstić information content (AvgIpc) is 3.65. The van der Waals surface area contributed by atoms with Crippen LogP contribution in [0.25, 0.3) is 0 Å². The van der Waals surface area contributed by atoms with Crippen LogP contribution in [0.5, 0.6) is 0 Å². The van der Waals surface area contributed by atoms with Crippen molar-refractivity contribution in [3.63, 3.8) is 0 Å². The molecule has 2 aliphatic rings. The summed E-state index contributed by atoms with van der Waals surface area (Å²) < 4.78 is 43.5. The number of aliphatic hydroxyl groups is 1. The Bertz CT molecular complexity index is 2160. The van der Waals surface area contributed by atoms with Gasteiger partial charge < -0.3 is 43.6 Å². The number of hydrogen-bond acceptors (Lipinski definition) is 17. The first-order valence-electron chi connectivity index (χ1n) is 19.4. The highest BCUT2D eigenvalue weighted by molar-refractivity contribution is 7.99. The van der Waals surface area contributed by atoms with Crippen LogP contribution >= 0.6 is 24.0 Å². The van der Waals surface area contributed by atoms with Crippen LogP contribution in [0.4, 0.5) is 5.69 Å². The van der Waals surface area contributed by atoms with E-state index in [1.54, 1.807) is 17.8 Å². The van der Waals surface area contributed by atoms with Gasteiger partial charge in [0.2, 0.25) is 5.16 Å². The molecule has 2 aliphatic heterocycles. The Morgan fingerprint density at radius 3 is 2.05 bits per heavy atom. The largest absolute Gasteiger partial charge is 0.463 e. The highest BCUT2D eigenvalue weighted by Crippen LogP contribution is 2.48. The monoisotopic (exact) mass is 877 g/mol. The van der Waals surface area contributed by atoms with Crippen LogP contribution in [0, 0.1) is 0 Å². The molecule has 324 valence electrons. The zero-order chi connectivity index (χ0) is 43.6. The number of hydrogen-bond donors (Lipinski definition) is 2. The van der Waals surface area contributed by atoms with E-state index in [4.69, 9.17) is 45.4 Å². The number of aliphatic hydroxyl groups excluding tert-OH is 1. The van der Waals surface area contributed by atoms with Crippen LogP contribution in [-0.4, -0.2) is 103 Å². The lowest BCUT2D eigenvalue weighted by Crippen LogP contribution is -2.62. The molecule has 61 heavy (non-hydrogen) atoms. The van der Waals surface area contributed by atoms with Crippen LogP contribution in [0.3, 0.4) is 0 Å². The van der Waals surface area contributed by atoms with Crippen LogP contribution in [0.15, 0.2) is 84.0 Å². The molecule has 3 heterocycles. The molecule has 4 aromatic rings. The average molecular weight is 878 g/mol. The Morgan fingerprint density at radius 2 is 1.43 bits per heavy atom. The van der Waals surface area contributed by atoms with E-state index in [9.17, 15) is 24.3 Å². The molecule has 6 rings (SSSR count). The summed E-state index contributed by atoms with van der Waals surface area (Å²) in [6.45, 7) is 4.25. The van der Waals surface area contributed by atoms with Gasteiger partial charge in [-0.3, -0.25) is 19.2 Å². The third-order valence-corrected chi connectivity index (χ3v) is 11.2. The number of carbonyl (C=O) groups excluding carboxylic acids is 4. The van der Waals surface area contributed by atoms with Crippen molar-refractivity contribution in [3.05, 3.63) is 101 Å². The minimum absolute atomic E-state index is 0.0596. The first-order valence-corrected chi connectivity index (χ1v) is 20.8. The molecular formula is C42H47N5O12S2. The van der Waals surface area contributed by atoms with Crippen molar-refractivity contribution in [1.29, 1.82) is 0 Å². The molecule has 0 spiro atoms. The molecule has 2 saturated heterocycles. The van der Waals surface area contributed by atoms with Gasteiger partial charge in [0.25, 0.3) is 0 Å². The SMILES string of the molecule is CC(=O)OC[C@H]1O[C@@H](CC(=S)Nc2cccc(C3O[C@H](CSc4nnnn4C)[C@@H](c4ccccc4)[C@H](c4ccc(CO)cc4)O3)c2)[C@H](OC(C)=O)[C@@H](OC(C)=O)[C@@H]1OC(C)=O. The lowest BCUT2D eigenvalue weighted by molar-refractivity contribution is -0.255. The summed E-state index contributed by atoms with van der Waals surface area (Å²) in [5.41, 5.74) is 3.94. The first-order chi connectivity index (χ1) is 29.3. The predicted molar refractivity (Wildman–Crippen MR) is 222 cm³/mol. The second-order valence-corrected chi connectivity index (χ2v) is 15.9. The first kappa shape index (κ1) is 45.2. The number of anilines is 1. The van der Waals surface area contributed by atoms with Gasteiger partial charge in [0.15, 0.2) is 24.6 Å². The summed E-state index contributed by atoms with van der Waals surface area (Å²) in [4.78, 5) is 48.9. The Morgan fingerprint density at radius 1 is 0.770 bits per heavy atom. The molecule has 9 atom stereocenters. The number of tetrazole rings is 1. The Hall–Kier alpha value is -5.31. The number of ether oxygens (including phenoxy) is 7. The Kier molecular flexibility index (Phi) is 15.6.